The van der Waals surface area contributed by atoms with Gasteiger partial charge in [-0.1, -0.05) is 12.1 Å². The summed E-state index contributed by atoms with van der Waals surface area (Å²) in [6.07, 6.45) is 5.03. The predicted molar refractivity (Wildman–Crippen MR) is 75.4 cm³/mol. The third-order valence-electron chi connectivity index (χ3n) is 3.36. The van der Waals surface area contributed by atoms with Crippen LogP contribution in [-0.4, -0.2) is 29.0 Å². The van der Waals surface area contributed by atoms with Gasteiger partial charge in [-0.2, -0.15) is 5.10 Å². The van der Waals surface area contributed by atoms with Crippen molar-refractivity contribution in [3.63, 3.8) is 0 Å². The highest BCUT2D eigenvalue weighted by Gasteiger charge is 2.14. The van der Waals surface area contributed by atoms with E-state index in [0.29, 0.717) is 6.04 Å². The Bertz CT molecular complexity index is 527. The van der Waals surface area contributed by atoms with Gasteiger partial charge < -0.3 is 10.1 Å². The molecule has 0 saturated carbocycles. The van der Waals surface area contributed by atoms with Gasteiger partial charge in [0.1, 0.15) is 0 Å². The highest BCUT2D eigenvalue weighted by atomic mass is 16.5. The second-order valence-corrected chi connectivity index (χ2v) is 5.12. The monoisotopic (exact) mass is 257 g/mol. The fraction of sp³-hybridized carbons (Fsp3) is 0.400. The fourth-order valence-corrected chi connectivity index (χ4v) is 2.33. The quantitative estimate of drug-likeness (QED) is 0.914. The maximum Gasteiger partial charge on any atom is 0.0668 e. The largest absolute Gasteiger partial charge is 0.380 e. The number of benzene rings is 1. The van der Waals surface area contributed by atoms with Crippen molar-refractivity contribution >= 4 is 5.69 Å². The van der Waals surface area contributed by atoms with Crippen molar-refractivity contribution in [1.29, 1.82) is 0 Å². The van der Waals surface area contributed by atoms with Crippen LogP contribution < -0.4 is 5.32 Å². The molecule has 0 spiro atoms. The molecular formula is C15H19N3O. The Balaban J connectivity index is 1.61. The number of ether oxygens (including phenoxy) is 1. The van der Waals surface area contributed by atoms with Crippen LogP contribution in [0.5, 0.6) is 0 Å². The van der Waals surface area contributed by atoms with Crippen LogP contribution in [-0.2, 0) is 11.3 Å². The summed E-state index contributed by atoms with van der Waals surface area (Å²) in [7, 11) is 0. The van der Waals surface area contributed by atoms with Gasteiger partial charge >= 0.3 is 0 Å². The molecule has 0 radical (unpaired) electrons. The first-order valence-corrected chi connectivity index (χ1v) is 6.72. The molecule has 4 heteroatoms. The minimum Gasteiger partial charge on any atom is -0.380 e. The molecule has 1 aromatic heterocycles. The van der Waals surface area contributed by atoms with Gasteiger partial charge in [0.2, 0.25) is 0 Å². The molecule has 1 N–H and O–H groups in total. The Morgan fingerprint density at radius 1 is 1.37 bits per heavy atom. The Labute approximate surface area is 113 Å². The Hall–Kier alpha value is -1.81. The molecular weight excluding hydrogens is 238 g/mol. The zero-order valence-corrected chi connectivity index (χ0v) is 11.2. The zero-order chi connectivity index (χ0) is 13.1. The molecule has 0 bridgehead atoms. The van der Waals surface area contributed by atoms with Gasteiger partial charge in [0.25, 0.3) is 0 Å². The van der Waals surface area contributed by atoms with Crippen LogP contribution in [0.25, 0.3) is 0 Å². The smallest absolute Gasteiger partial charge is 0.0668 e. The van der Waals surface area contributed by atoms with Crippen LogP contribution >= 0.6 is 0 Å². The van der Waals surface area contributed by atoms with Crippen molar-refractivity contribution in [2.45, 2.75) is 25.9 Å². The van der Waals surface area contributed by atoms with E-state index < -0.39 is 0 Å². The van der Waals surface area contributed by atoms with Crippen molar-refractivity contribution < 1.29 is 4.74 Å². The third kappa shape index (κ3) is 3.15. The average molecular weight is 257 g/mol. The lowest BCUT2D eigenvalue weighted by Crippen LogP contribution is -2.18. The van der Waals surface area contributed by atoms with Crippen LogP contribution in [0.15, 0.2) is 36.7 Å². The molecule has 3 rings (SSSR count). The van der Waals surface area contributed by atoms with E-state index in [-0.39, 0.29) is 0 Å². The summed E-state index contributed by atoms with van der Waals surface area (Å²) >= 11 is 0. The van der Waals surface area contributed by atoms with Gasteiger partial charge in [-0.3, -0.25) is 4.68 Å². The van der Waals surface area contributed by atoms with Crippen LogP contribution in [0.4, 0.5) is 5.69 Å². The lowest BCUT2D eigenvalue weighted by Gasteiger charge is -2.12. The number of anilines is 1. The first-order valence-electron chi connectivity index (χ1n) is 6.72. The molecule has 1 saturated heterocycles. The maximum absolute atomic E-state index is 5.36. The predicted octanol–water partition coefficient (Wildman–Crippen LogP) is 2.44. The van der Waals surface area contributed by atoms with Gasteiger partial charge in [0.15, 0.2) is 0 Å². The molecule has 2 heterocycles. The molecule has 0 amide bonds. The molecule has 1 aliphatic rings. The van der Waals surface area contributed by atoms with E-state index >= 15 is 0 Å². The summed E-state index contributed by atoms with van der Waals surface area (Å²) in [4.78, 5) is 0. The minimum atomic E-state index is 0.458. The normalized spacial score (nSPS) is 18.7. The van der Waals surface area contributed by atoms with Gasteiger partial charge in [-0.05, 0) is 36.6 Å². The number of hydrogen-bond acceptors (Lipinski definition) is 3. The van der Waals surface area contributed by atoms with E-state index in [9.17, 15) is 0 Å². The molecule has 0 aliphatic carbocycles. The maximum atomic E-state index is 5.36. The first kappa shape index (κ1) is 12.2. The molecule has 1 aromatic carbocycles. The second-order valence-electron chi connectivity index (χ2n) is 5.12. The Morgan fingerprint density at radius 3 is 2.84 bits per heavy atom. The highest BCUT2D eigenvalue weighted by molar-refractivity contribution is 5.45. The van der Waals surface area contributed by atoms with E-state index in [1.165, 1.54) is 11.1 Å². The van der Waals surface area contributed by atoms with Crippen LogP contribution in [0, 0.1) is 6.92 Å². The molecule has 1 atom stereocenters. The number of nitrogens with one attached hydrogen (secondary N) is 1. The summed E-state index contributed by atoms with van der Waals surface area (Å²) in [5.74, 6) is 0. The van der Waals surface area contributed by atoms with E-state index in [2.05, 4.69) is 47.8 Å². The van der Waals surface area contributed by atoms with Crippen molar-refractivity contribution in [2.24, 2.45) is 0 Å². The van der Waals surface area contributed by atoms with Crippen LogP contribution in [0.1, 0.15) is 17.5 Å². The van der Waals surface area contributed by atoms with Crippen molar-refractivity contribution in [2.75, 3.05) is 18.5 Å². The van der Waals surface area contributed by atoms with Crippen LogP contribution in [0.2, 0.25) is 0 Å². The van der Waals surface area contributed by atoms with Gasteiger partial charge in [-0.25, -0.2) is 0 Å². The van der Waals surface area contributed by atoms with Crippen molar-refractivity contribution in [3.8, 4) is 0 Å². The summed E-state index contributed by atoms with van der Waals surface area (Å²) in [6, 6.07) is 9.01. The van der Waals surface area contributed by atoms with Crippen molar-refractivity contribution in [1.82, 2.24) is 9.78 Å². The average Bonchev–Trinajstić information content (AvgIpc) is 3.04. The summed E-state index contributed by atoms with van der Waals surface area (Å²) in [5, 5.41) is 7.79. The van der Waals surface area contributed by atoms with Gasteiger partial charge in [0.05, 0.1) is 25.4 Å². The van der Waals surface area contributed by atoms with E-state index in [1.807, 2.05) is 10.9 Å². The highest BCUT2D eigenvalue weighted by Crippen LogP contribution is 2.15. The number of hydrogen-bond donors (Lipinski definition) is 1. The minimum absolute atomic E-state index is 0.458. The molecule has 0 unspecified atom stereocenters. The summed E-state index contributed by atoms with van der Waals surface area (Å²) < 4.78 is 7.32. The van der Waals surface area contributed by atoms with Gasteiger partial charge in [-0.15, -0.1) is 0 Å². The fourth-order valence-electron chi connectivity index (χ4n) is 2.33. The lowest BCUT2D eigenvalue weighted by atomic mass is 10.2. The molecule has 19 heavy (non-hydrogen) atoms. The lowest BCUT2D eigenvalue weighted by molar-refractivity contribution is 0.195. The van der Waals surface area contributed by atoms with Crippen molar-refractivity contribution in [3.05, 3.63) is 47.8 Å². The van der Waals surface area contributed by atoms with Gasteiger partial charge in [0, 0.05) is 18.5 Å². The Kier molecular flexibility index (Phi) is 3.51. The molecule has 1 aliphatic heterocycles. The molecule has 100 valence electrons. The van der Waals surface area contributed by atoms with Crippen LogP contribution in [0.3, 0.4) is 0 Å². The SMILES string of the molecule is Cc1cnn(Cc2ccc(N[C@H]3CCOC3)cc2)c1. The standard InChI is InChI=1S/C15H19N3O/c1-12-8-16-18(9-12)10-13-2-4-14(5-3-13)17-15-6-7-19-11-15/h2-5,8-9,15,17H,6-7,10-11H2,1H3/t15-/m0/s1. The second kappa shape index (κ2) is 5.45. The first-order chi connectivity index (χ1) is 9.29. The van der Waals surface area contributed by atoms with E-state index in [1.54, 1.807) is 0 Å². The summed E-state index contributed by atoms with van der Waals surface area (Å²) in [6.45, 7) is 4.56. The topological polar surface area (TPSA) is 39.1 Å². The number of rotatable bonds is 4. The summed E-state index contributed by atoms with van der Waals surface area (Å²) in [5.41, 5.74) is 3.62. The van der Waals surface area contributed by atoms with E-state index in [4.69, 9.17) is 4.74 Å². The molecule has 2 aromatic rings. The molecule has 1 fully saturated rings. The number of aryl methyl sites for hydroxylation is 1. The van der Waals surface area contributed by atoms with E-state index in [0.717, 1.165) is 31.9 Å². The molecule has 4 nitrogen and oxygen atoms in total. The number of nitrogens with zero attached hydrogens (tertiary/aromatic N) is 2. The zero-order valence-electron chi connectivity index (χ0n) is 11.2. The Morgan fingerprint density at radius 2 is 2.21 bits per heavy atom. The number of aromatic nitrogens is 2. The third-order valence-corrected chi connectivity index (χ3v) is 3.36.